The third kappa shape index (κ3) is 1.11. The number of carbonyl (C=O) groups is 1. The van der Waals surface area contributed by atoms with Gasteiger partial charge in [0, 0.05) is 6.20 Å². The molecular weight excluding hydrogens is 291 g/mol. The normalized spacial score (nSPS) is 10.8. The summed E-state index contributed by atoms with van der Waals surface area (Å²) < 4.78 is 2.68. The molecule has 0 radical (unpaired) electrons. The third-order valence-corrected chi connectivity index (χ3v) is 3.16. The zero-order valence-electron chi connectivity index (χ0n) is 5.69. The lowest BCUT2D eigenvalue weighted by molar-refractivity contribution is 0.0702. The number of hydrogen-bond acceptors (Lipinski definition) is 3. The van der Waals surface area contributed by atoms with E-state index >= 15 is 0 Å². The summed E-state index contributed by atoms with van der Waals surface area (Å²) >= 11 is 3.28. The Hall–Kier alpha value is -0.630. The number of rotatable bonds is 1. The average Bonchev–Trinajstić information content (AvgIpc) is 2.53. The van der Waals surface area contributed by atoms with E-state index in [0.29, 0.717) is 4.88 Å². The molecule has 0 amide bonds. The third-order valence-electron chi connectivity index (χ3n) is 1.38. The highest BCUT2D eigenvalue weighted by atomic mass is 127. The van der Waals surface area contributed by atoms with Crippen LogP contribution in [-0.2, 0) is 0 Å². The molecule has 2 aromatic rings. The smallest absolute Gasteiger partial charge is 0.347 e. The van der Waals surface area contributed by atoms with Crippen LogP contribution in [-0.4, -0.2) is 20.5 Å². The molecule has 0 aliphatic heterocycles. The van der Waals surface area contributed by atoms with Crippen LogP contribution in [0, 0.1) is 3.70 Å². The van der Waals surface area contributed by atoms with E-state index in [4.69, 9.17) is 5.11 Å². The Labute approximate surface area is 85.0 Å². The lowest BCUT2D eigenvalue weighted by Crippen LogP contribution is -1.91. The number of aromatic nitrogens is 2. The van der Waals surface area contributed by atoms with E-state index in [1.807, 2.05) is 0 Å². The van der Waals surface area contributed by atoms with Crippen LogP contribution in [0.4, 0.5) is 0 Å². The monoisotopic (exact) mass is 294 g/mol. The van der Waals surface area contributed by atoms with E-state index in [0.717, 1.165) is 8.66 Å². The van der Waals surface area contributed by atoms with Gasteiger partial charge in [0.1, 0.15) is 8.58 Å². The molecule has 0 spiro atoms. The van der Waals surface area contributed by atoms with E-state index in [-0.39, 0.29) is 0 Å². The standard InChI is InChI=1S/C6H3IN2O2S/c7-4-1-8-6-9(4)2-3(12-6)5(10)11/h1-2H,(H,10,11). The van der Waals surface area contributed by atoms with Crippen molar-refractivity contribution in [2.45, 2.75) is 0 Å². The second-order valence-corrected chi connectivity index (χ2v) is 4.25. The van der Waals surface area contributed by atoms with Gasteiger partial charge >= 0.3 is 5.97 Å². The Kier molecular flexibility index (Phi) is 1.80. The number of carboxylic acids is 1. The van der Waals surface area contributed by atoms with Gasteiger partial charge in [0.15, 0.2) is 4.96 Å². The summed E-state index contributed by atoms with van der Waals surface area (Å²) in [5, 5.41) is 8.66. The molecule has 2 aromatic heterocycles. The molecule has 2 heterocycles. The SMILES string of the molecule is O=C(O)c1cn2c(I)cnc2s1. The van der Waals surface area contributed by atoms with Crippen molar-refractivity contribution in [2.75, 3.05) is 0 Å². The van der Waals surface area contributed by atoms with E-state index < -0.39 is 5.97 Å². The van der Waals surface area contributed by atoms with Crippen molar-refractivity contribution in [3.05, 3.63) is 21.0 Å². The molecular formula is C6H3IN2O2S. The van der Waals surface area contributed by atoms with Gasteiger partial charge in [0.2, 0.25) is 0 Å². The maximum absolute atomic E-state index is 10.5. The van der Waals surface area contributed by atoms with Crippen LogP contribution in [0.2, 0.25) is 0 Å². The average molecular weight is 294 g/mol. The van der Waals surface area contributed by atoms with Gasteiger partial charge in [0.25, 0.3) is 0 Å². The summed E-state index contributed by atoms with van der Waals surface area (Å²) in [6.07, 6.45) is 3.29. The number of nitrogens with zero attached hydrogens (tertiary/aromatic N) is 2. The number of carboxylic acid groups (broad SMARTS) is 1. The van der Waals surface area contributed by atoms with Gasteiger partial charge in [0.05, 0.1) is 6.20 Å². The molecule has 6 heteroatoms. The molecule has 0 saturated carbocycles. The summed E-state index contributed by atoms with van der Waals surface area (Å²) in [4.78, 5) is 15.6. The molecule has 1 N–H and O–H groups in total. The topological polar surface area (TPSA) is 54.6 Å². The largest absolute Gasteiger partial charge is 0.477 e. The van der Waals surface area contributed by atoms with Gasteiger partial charge in [-0.1, -0.05) is 11.3 Å². The van der Waals surface area contributed by atoms with E-state index in [1.54, 1.807) is 16.8 Å². The van der Waals surface area contributed by atoms with Crippen molar-refractivity contribution < 1.29 is 9.90 Å². The molecule has 2 rings (SSSR count). The van der Waals surface area contributed by atoms with Crippen LogP contribution in [0.5, 0.6) is 0 Å². The molecule has 0 fully saturated rings. The van der Waals surface area contributed by atoms with Crippen LogP contribution >= 0.6 is 33.9 Å². The zero-order valence-corrected chi connectivity index (χ0v) is 8.66. The fourth-order valence-corrected chi connectivity index (χ4v) is 2.33. The summed E-state index contributed by atoms with van der Waals surface area (Å²) in [6, 6.07) is 0. The summed E-state index contributed by atoms with van der Waals surface area (Å²) in [5.41, 5.74) is 0. The van der Waals surface area contributed by atoms with Crippen molar-refractivity contribution in [3.8, 4) is 0 Å². The van der Waals surface area contributed by atoms with Gasteiger partial charge in [-0.15, -0.1) is 0 Å². The Morgan fingerprint density at radius 2 is 2.50 bits per heavy atom. The van der Waals surface area contributed by atoms with Crippen LogP contribution in [0.1, 0.15) is 9.67 Å². The Balaban J connectivity index is 2.70. The Bertz CT molecular complexity index is 447. The predicted octanol–water partition coefficient (Wildman–Crippen LogP) is 1.70. The first-order chi connectivity index (χ1) is 5.68. The summed E-state index contributed by atoms with van der Waals surface area (Å²) in [7, 11) is 0. The number of fused-ring (bicyclic) bond motifs is 1. The molecule has 62 valence electrons. The number of hydrogen-bond donors (Lipinski definition) is 1. The van der Waals surface area contributed by atoms with Gasteiger partial charge in [-0.2, -0.15) is 0 Å². The summed E-state index contributed by atoms with van der Waals surface area (Å²) in [6.45, 7) is 0. The molecule has 4 nitrogen and oxygen atoms in total. The van der Waals surface area contributed by atoms with E-state index in [1.165, 1.54) is 11.3 Å². The number of halogens is 1. The summed E-state index contributed by atoms with van der Waals surface area (Å²) in [5.74, 6) is -0.902. The highest BCUT2D eigenvalue weighted by molar-refractivity contribution is 14.1. The zero-order chi connectivity index (χ0) is 8.72. The van der Waals surface area contributed by atoms with Gasteiger partial charge in [-0.05, 0) is 22.6 Å². The highest BCUT2D eigenvalue weighted by Crippen LogP contribution is 2.19. The number of imidazole rings is 1. The van der Waals surface area contributed by atoms with Crippen molar-refractivity contribution in [1.82, 2.24) is 9.38 Å². The second kappa shape index (κ2) is 2.70. The molecule has 12 heavy (non-hydrogen) atoms. The van der Waals surface area contributed by atoms with Crippen LogP contribution < -0.4 is 0 Å². The maximum Gasteiger partial charge on any atom is 0.347 e. The molecule has 0 bridgehead atoms. The van der Waals surface area contributed by atoms with Crippen molar-refractivity contribution in [1.29, 1.82) is 0 Å². The minimum Gasteiger partial charge on any atom is -0.477 e. The maximum atomic E-state index is 10.5. The molecule has 0 atom stereocenters. The van der Waals surface area contributed by atoms with Crippen molar-refractivity contribution in [3.63, 3.8) is 0 Å². The van der Waals surface area contributed by atoms with E-state index in [2.05, 4.69) is 27.6 Å². The van der Waals surface area contributed by atoms with Crippen LogP contribution in [0.15, 0.2) is 12.4 Å². The van der Waals surface area contributed by atoms with Gasteiger partial charge < -0.3 is 5.11 Å². The predicted molar refractivity (Wildman–Crippen MR) is 52.7 cm³/mol. The molecule has 0 unspecified atom stereocenters. The fraction of sp³-hybridized carbons (Fsp3) is 0. The fourth-order valence-electron chi connectivity index (χ4n) is 0.857. The second-order valence-electron chi connectivity index (χ2n) is 2.13. The molecule has 0 saturated heterocycles. The van der Waals surface area contributed by atoms with Crippen LogP contribution in [0.3, 0.4) is 0 Å². The lowest BCUT2D eigenvalue weighted by atomic mass is 10.6. The quantitative estimate of drug-likeness (QED) is 0.814. The minimum absolute atomic E-state index is 0.316. The van der Waals surface area contributed by atoms with Crippen molar-refractivity contribution in [2.24, 2.45) is 0 Å². The Morgan fingerprint density at radius 3 is 3.08 bits per heavy atom. The molecule has 0 aliphatic rings. The molecule has 0 aliphatic carbocycles. The van der Waals surface area contributed by atoms with Gasteiger partial charge in [-0.3, -0.25) is 4.40 Å². The molecule has 0 aromatic carbocycles. The highest BCUT2D eigenvalue weighted by Gasteiger charge is 2.10. The van der Waals surface area contributed by atoms with Crippen LogP contribution in [0.25, 0.3) is 4.96 Å². The number of thiazole rings is 1. The first kappa shape index (κ1) is 7.99. The van der Waals surface area contributed by atoms with E-state index in [9.17, 15) is 4.79 Å². The lowest BCUT2D eigenvalue weighted by Gasteiger charge is -1.82. The minimum atomic E-state index is -0.902. The Morgan fingerprint density at radius 1 is 1.75 bits per heavy atom. The van der Waals surface area contributed by atoms with Gasteiger partial charge in [-0.25, -0.2) is 9.78 Å². The first-order valence-corrected chi connectivity index (χ1v) is 4.93. The first-order valence-electron chi connectivity index (χ1n) is 3.04. The number of aromatic carboxylic acids is 1. The van der Waals surface area contributed by atoms with Crippen molar-refractivity contribution >= 4 is 44.9 Å².